The first-order valence-electron chi connectivity index (χ1n) is 12.5. The van der Waals surface area contributed by atoms with E-state index in [-0.39, 0.29) is 17.1 Å². The van der Waals surface area contributed by atoms with Crippen molar-refractivity contribution in [1.82, 2.24) is 9.59 Å². The molecule has 8 nitrogen and oxygen atoms in total. The second kappa shape index (κ2) is 12.9. The van der Waals surface area contributed by atoms with Gasteiger partial charge in [-0.05, 0) is 60.3 Å². The van der Waals surface area contributed by atoms with Crippen molar-refractivity contribution in [2.75, 3.05) is 13.2 Å². The largest absolute Gasteiger partial charge is 0.507 e. The smallest absolute Gasteiger partial charge is 0.339 e. The first kappa shape index (κ1) is 26.9. The highest BCUT2D eigenvalue weighted by atomic mass is 32.1. The number of nitrogens with zero attached hydrogens (tertiary/aromatic N) is 2. The fourth-order valence-corrected chi connectivity index (χ4v) is 4.51. The van der Waals surface area contributed by atoms with Gasteiger partial charge >= 0.3 is 5.97 Å². The molecule has 0 fully saturated rings. The summed E-state index contributed by atoms with van der Waals surface area (Å²) in [5.74, 6) is 1.26. The summed E-state index contributed by atoms with van der Waals surface area (Å²) in [6, 6.07) is 15.6. The van der Waals surface area contributed by atoms with Gasteiger partial charge in [0, 0.05) is 29.0 Å². The first-order chi connectivity index (χ1) is 18.5. The molecular weight excluding hydrogens is 504 g/mol. The highest BCUT2D eigenvalue weighted by molar-refractivity contribution is 7.03. The van der Waals surface area contributed by atoms with E-state index in [1.165, 1.54) is 17.6 Å². The van der Waals surface area contributed by atoms with Crippen LogP contribution in [0.1, 0.15) is 48.2 Å². The Morgan fingerprint density at radius 2 is 1.68 bits per heavy atom. The number of aromatic carboxylic acids is 1. The lowest BCUT2D eigenvalue weighted by molar-refractivity contribution is 0.0694. The topological polar surface area (TPSA) is 111 Å². The van der Waals surface area contributed by atoms with Gasteiger partial charge in [0.05, 0.1) is 13.2 Å². The number of benzene rings is 3. The molecule has 0 amide bonds. The molecule has 0 bridgehead atoms. The van der Waals surface area contributed by atoms with Gasteiger partial charge in [0.2, 0.25) is 0 Å². The van der Waals surface area contributed by atoms with Crippen LogP contribution in [0.5, 0.6) is 28.7 Å². The van der Waals surface area contributed by atoms with E-state index in [9.17, 15) is 15.0 Å². The minimum absolute atomic E-state index is 0.103. The maximum absolute atomic E-state index is 11.6. The standard InChI is InChI=1S/C29H30N2O6S/c1-3-9-20-25(12-7-13-26(20)37-27-11-6-5-10-21(27)29(33)34)35-14-8-15-36-28-17-24(32)22(16-19(28)4-2)23-18-38-31-30-23/h5-7,10-13,16-18,32H,3-4,8-9,14-15H2,1-2H3,(H,33,34). The molecule has 0 unspecified atom stereocenters. The van der Waals surface area contributed by atoms with Crippen LogP contribution in [0.4, 0.5) is 0 Å². The van der Waals surface area contributed by atoms with Crippen LogP contribution in [0, 0.1) is 0 Å². The molecule has 0 spiro atoms. The molecule has 4 aromatic rings. The molecule has 3 aromatic carbocycles. The van der Waals surface area contributed by atoms with Gasteiger partial charge in [0.1, 0.15) is 40.0 Å². The maximum atomic E-state index is 11.6. The van der Waals surface area contributed by atoms with E-state index in [2.05, 4.69) is 16.5 Å². The Morgan fingerprint density at radius 3 is 2.39 bits per heavy atom. The van der Waals surface area contributed by atoms with E-state index in [0.717, 1.165) is 30.4 Å². The minimum atomic E-state index is -1.04. The lowest BCUT2D eigenvalue weighted by atomic mass is 10.0. The highest BCUT2D eigenvalue weighted by Gasteiger charge is 2.16. The Kier molecular flexibility index (Phi) is 9.16. The van der Waals surface area contributed by atoms with Crippen molar-refractivity contribution in [3.05, 3.63) is 76.7 Å². The number of aromatic hydroxyl groups is 1. The number of carboxylic acid groups (broad SMARTS) is 1. The molecule has 0 saturated carbocycles. The number of phenolic OH excluding ortho intramolecular Hbond substituents is 1. The molecule has 198 valence electrons. The molecule has 0 atom stereocenters. The second-order valence-electron chi connectivity index (χ2n) is 8.56. The summed E-state index contributed by atoms with van der Waals surface area (Å²) in [6.45, 7) is 4.93. The SMILES string of the molecule is CCCc1c(OCCCOc2cc(O)c(-c3csnn3)cc2CC)cccc1Oc1ccccc1C(=O)O. The number of hydrogen-bond donors (Lipinski definition) is 2. The van der Waals surface area contributed by atoms with E-state index < -0.39 is 5.97 Å². The molecule has 9 heteroatoms. The normalized spacial score (nSPS) is 10.8. The predicted octanol–water partition coefficient (Wildman–Crippen LogP) is 6.76. The third-order valence-corrected chi connectivity index (χ3v) is 6.43. The molecule has 2 N–H and O–H groups in total. The molecule has 0 aliphatic carbocycles. The molecule has 1 heterocycles. The zero-order chi connectivity index (χ0) is 26.9. The van der Waals surface area contributed by atoms with Crippen molar-refractivity contribution in [2.45, 2.75) is 39.5 Å². The number of hydrogen-bond acceptors (Lipinski definition) is 8. The van der Waals surface area contributed by atoms with Crippen molar-refractivity contribution in [3.8, 4) is 40.0 Å². The number of carboxylic acids is 1. The Hall–Kier alpha value is -4.11. The molecular formula is C29H30N2O6S. The summed E-state index contributed by atoms with van der Waals surface area (Å²) in [7, 11) is 0. The van der Waals surface area contributed by atoms with Gasteiger partial charge in [0.25, 0.3) is 0 Å². The number of phenols is 1. The number of para-hydroxylation sites is 1. The van der Waals surface area contributed by atoms with Gasteiger partial charge < -0.3 is 24.4 Å². The van der Waals surface area contributed by atoms with E-state index in [1.54, 1.807) is 29.6 Å². The van der Waals surface area contributed by atoms with Crippen LogP contribution >= 0.6 is 11.5 Å². The van der Waals surface area contributed by atoms with Crippen molar-refractivity contribution in [3.63, 3.8) is 0 Å². The Balaban J connectivity index is 1.39. The Labute approximate surface area is 225 Å². The number of aromatic nitrogens is 2. The zero-order valence-corrected chi connectivity index (χ0v) is 22.2. The van der Waals surface area contributed by atoms with E-state index >= 15 is 0 Å². The predicted molar refractivity (Wildman–Crippen MR) is 146 cm³/mol. The summed E-state index contributed by atoms with van der Waals surface area (Å²) in [6.07, 6.45) is 2.96. The maximum Gasteiger partial charge on any atom is 0.339 e. The number of aryl methyl sites for hydroxylation is 1. The fourth-order valence-electron chi connectivity index (χ4n) is 4.06. The van der Waals surface area contributed by atoms with Crippen LogP contribution in [0.2, 0.25) is 0 Å². The zero-order valence-electron chi connectivity index (χ0n) is 21.3. The van der Waals surface area contributed by atoms with Crippen LogP contribution in [0.15, 0.2) is 60.0 Å². The van der Waals surface area contributed by atoms with Crippen molar-refractivity contribution in [2.24, 2.45) is 0 Å². The van der Waals surface area contributed by atoms with Crippen LogP contribution in [0.25, 0.3) is 11.3 Å². The van der Waals surface area contributed by atoms with E-state index in [0.29, 0.717) is 48.1 Å². The molecule has 0 aliphatic rings. The van der Waals surface area contributed by atoms with Crippen molar-refractivity contribution in [1.29, 1.82) is 0 Å². The Bertz CT molecular complexity index is 1370. The lowest BCUT2D eigenvalue weighted by Gasteiger charge is -2.17. The third kappa shape index (κ3) is 6.41. The monoisotopic (exact) mass is 534 g/mol. The van der Waals surface area contributed by atoms with E-state index in [1.807, 2.05) is 31.2 Å². The van der Waals surface area contributed by atoms with Gasteiger partial charge in [0.15, 0.2) is 0 Å². The van der Waals surface area contributed by atoms with Crippen LogP contribution in [-0.4, -0.2) is 39.0 Å². The summed E-state index contributed by atoms with van der Waals surface area (Å²) in [4.78, 5) is 11.6. The van der Waals surface area contributed by atoms with Gasteiger partial charge in [-0.3, -0.25) is 0 Å². The van der Waals surface area contributed by atoms with Gasteiger partial charge in [-0.1, -0.05) is 43.0 Å². The minimum Gasteiger partial charge on any atom is -0.507 e. The number of carbonyl (C=O) groups is 1. The second-order valence-corrected chi connectivity index (χ2v) is 9.17. The van der Waals surface area contributed by atoms with Gasteiger partial charge in [-0.2, -0.15) is 0 Å². The average molecular weight is 535 g/mol. The number of rotatable bonds is 13. The summed E-state index contributed by atoms with van der Waals surface area (Å²) >= 11 is 1.24. The average Bonchev–Trinajstić information content (AvgIpc) is 3.45. The summed E-state index contributed by atoms with van der Waals surface area (Å²) in [5, 5.41) is 25.8. The molecule has 1 aromatic heterocycles. The molecule has 0 radical (unpaired) electrons. The van der Waals surface area contributed by atoms with E-state index in [4.69, 9.17) is 14.2 Å². The first-order valence-corrected chi connectivity index (χ1v) is 13.4. The fraction of sp³-hybridized carbons (Fsp3) is 0.276. The van der Waals surface area contributed by atoms with Crippen molar-refractivity contribution >= 4 is 17.5 Å². The highest BCUT2D eigenvalue weighted by Crippen LogP contribution is 2.36. The van der Waals surface area contributed by atoms with Crippen molar-refractivity contribution < 1.29 is 29.2 Å². The molecule has 38 heavy (non-hydrogen) atoms. The molecule has 4 rings (SSSR count). The van der Waals surface area contributed by atoms with Gasteiger partial charge in [-0.15, -0.1) is 5.10 Å². The molecule has 0 saturated heterocycles. The third-order valence-electron chi connectivity index (χ3n) is 5.93. The Morgan fingerprint density at radius 1 is 0.947 bits per heavy atom. The molecule has 0 aliphatic heterocycles. The quantitative estimate of drug-likeness (QED) is 0.181. The van der Waals surface area contributed by atoms with Crippen LogP contribution < -0.4 is 14.2 Å². The lowest BCUT2D eigenvalue weighted by Crippen LogP contribution is -2.08. The number of ether oxygens (including phenoxy) is 3. The van der Waals surface area contributed by atoms with Crippen LogP contribution in [-0.2, 0) is 12.8 Å². The van der Waals surface area contributed by atoms with Crippen LogP contribution in [0.3, 0.4) is 0 Å². The van der Waals surface area contributed by atoms with Gasteiger partial charge in [-0.25, -0.2) is 4.79 Å². The summed E-state index contributed by atoms with van der Waals surface area (Å²) < 4.78 is 22.0. The summed E-state index contributed by atoms with van der Waals surface area (Å²) in [5.41, 5.74) is 3.25.